The molecule has 0 amide bonds. The monoisotopic (exact) mass is 390 g/mol. The van der Waals surface area contributed by atoms with Gasteiger partial charge in [0.15, 0.2) is 5.65 Å². The lowest BCUT2D eigenvalue weighted by atomic mass is 10.1. The Balaban J connectivity index is 1.75. The molecule has 4 nitrogen and oxygen atoms in total. The van der Waals surface area contributed by atoms with Gasteiger partial charge in [0, 0.05) is 23.1 Å². The number of rotatable bonds is 4. The molecule has 2 heterocycles. The van der Waals surface area contributed by atoms with Gasteiger partial charge in [-0.25, -0.2) is 9.97 Å². The molecule has 0 bridgehead atoms. The first-order chi connectivity index (χ1) is 14.7. The molecule has 0 aliphatic carbocycles. The minimum absolute atomic E-state index is 0.804. The number of fused-ring (bicyclic) bond motifs is 1. The molecule has 1 N–H and O–H groups in total. The summed E-state index contributed by atoms with van der Waals surface area (Å²) < 4.78 is 2.13. The van der Waals surface area contributed by atoms with E-state index in [-0.39, 0.29) is 0 Å². The first kappa shape index (κ1) is 18.1. The van der Waals surface area contributed by atoms with E-state index in [2.05, 4.69) is 94.5 Å². The van der Waals surface area contributed by atoms with Crippen LogP contribution < -0.4 is 5.32 Å². The van der Waals surface area contributed by atoms with Crippen LogP contribution in [0.25, 0.3) is 27.8 Å². The van der Waals surface area contributed by atoms with Crippen molar-refractivity contribution in [2.75, 3.05) is 5.32 Å². The molecule has 0 aliphatic rings. The second-order valence-electron chi connectivity index (χ2n) is 7.54. The summed E-state index contributed by atoms with van der Waals surface area (Å²) in [7, 11) is 0. The van der Waals surface area contributed by atoms with Gasteiger partial charge in [0.05, 0.1) is 5.39 Å². The highest BCUT2D eigenvalue weighted by atomic mass is 15.1. The third-order valence-electron chi connectivity index (χ3n) is 5.19. The SMILES string of the molecule is Cc1cc(C)cc(Nc2ncnc3c2c(-c2ccccc2)cn3-c2ccccc2)c1. The number of aryl methyl sites for hydroxylation is 2. The number of anilines is 2. The van der Waals surface area contributed by atoms with E-state index < -0.39 is 0 Å². The first-order valence-corrected chi connectivity index (χ1v) is 10.0. The minimum Gasteiger partial charge on any atom is -0.340 e. The van der Waals surface area contributed by atoms with Gasteiger partial charge >= 0.3 is 0 Å². The van der Waals surface area contributed by atoms with E-state index in [1.165, 1.54) is 11.1 Å². The summed E-state index contributed by atoms with van der Waals surface area (Å²) in [6.07, 6.45) is 3.78. The van der Waals surface area contributed by atoms with Gasteiger partial charge < -0.3 is 9.88 Å². The molecule has 30 heavy (non-hydrogen) atoms. The molecule has 0 unspecified atom stereocenters. The molecule has 2 aromatic heterocycles. The molecule has 4 heteroatoms. The van der Waals surface area contributed by atoms with Crippen LogP contribution in [0.2, 0.25) is 0 Å². The smallest absolute Gasteiger partial charge is 0.150 e. The van der Waals surface area contributed by atoms with Gasteiger partial charge in [-0.1, -0.05) is 54.6 Å². The fourth-order valence-corrected chi connectivity index (χ4v) is 3.96. The Hall–Kier alpha value is -3.92. The average molecular weight is 390 g/mol. The van der Waals surface area contributed by atoms with Crippen molar-refractivity contribution in [3.05, 3.63) is 103 Å². The molecular formula is C26H22N4. The highest BCUT2D eigenvalue weighted by Gasteiger charge is 2.17. The summed E-state index contributed by atoms with van der Waals surface area (Å²) in [4.78, 5) is 9.27. The van der Waals surface area contributed by atoms with E-state index in [0.717, 1.165) is 39.4 Å². The maximum absolute atomic E-state index is 4.65. The Labute approximate surface area is 175 Å². The summed E-state index contributed by atoms with van der Waals surface area (Å²) in [6, 6.07) is 27.1. The van der Waals surface area contributed by atoms with Gasteiger partial charge in [-0.2, -0.15) is 0 Å². The summed E-state index contributed by atoms with van der Waals surface area (Å²) >= 11 is 0. The molecule has 0 saturated heterocycles. The lowest BCUT2D eigenvalue weighted by Crippen LogP contribution is -1.98. The summed E-state index contributed by atoms with van der Waals surface area (Å²) in [6.45, 7) is 4.21. The lowest BCUT2D eigenvalue weighted by molar-refractivity contribution is 1.08. The van der Waals surface area contributed by atoms with E-state index in [9.17, 15) is 0 Å². The summed E-state index contributed by atoms with van der Waals surface area (Å²) in [5.74, 6) is 0.804. The van der Waals surface area contributed by atoms with Gasteiger partial charge in [0.25, 0.3) is 0 Å². The molecule has 0 radical (unpaired) electrons. The van der Waals surface area contributed by atoms with E-state index in [0.29, 0.717) is 0 Å². The van der Waals surface area contributed by atoms with E-state index >= 15 is 0 Å². The van der Waals surface area contributed by atoms with Crippen LogP contribution in [0.15, 0.2) is 91.4 Å². The Kier molecular flexibility index (Phi) is 4.52. The minimum atomic E-state index is 0.804. The van der Waals surface area contributed by atoms with Gasteiger partial charge in [0.2, 0.25) is 0 Å². The number of nitrogens with zero attached hydrogens (tertiary/aromatic N) is 3. The Morgan fingerprint density at radius 1 is 0.767 bits per heavy atom. The zero-order chi connectivity index (χ0) is 20.5. The van der Waals surface area contributed by atoms with Crippen molar-refractivity contribution in [3.63, 3.8) is 0 Å². The topological polar surface area (TPSA) is 42.7 Å². The Bertz CT molecular complexity index is 1300. The third-order valence-corrected chi connectivity index (χ3v) is 5.19. The molecule has 5 rings (SSSR count). The number of benzene rings is 3. The lowest BCUT2D eigenvalue weighted by Gasteiger charge is -2.10. The van der Waals surface area contributed by atoms with Crippen molar-refractivity contribution in [3.8, 4) is 16.8 Å². The average Bonchev–Trinajstić information content (AvgIpc) is 3.15. The molecule has 3 aromatic carbocycles. The number of nitrogens with one attached hydrogen (secondary N) is 1. The number of hydrogen-bond donors (Lipinski definition) is 1. The second-order valence-corrected chi connectivity index (χ2v) is 7.54. The molecule has 0 spiro atoms. The van der Waals surface area contributed by atoms with Crippen molar-refractivity contribution in [2.24, 2.45) is 0 Å². The van der Waals surface area contributed by atoms with Crippen LogP contribution in [0.3, 0.4) is 0 Å². The molecule has 5 aromatic rings. The molecular weight excluding hydrogens is 368 g/mol. The molecule has 0 fully saturated rings. The van der Waals surface area contributed by atoms with Crippen molar-refractivity contribution < 1.29 is 0 Å². The second kappa shape index (κ2) is 7.48. The highest BCUT2D eigenvalue weighted by molar-refractivity contribution is 6.03. The number of hydrogen-bond acceptors (Lipinski definition) is 3. The van der Waals surface area contributed by atoms with Crippen LogP contribution in [0.4, 0.5) is 11.5 Å². The van der Waals surface area contributed by atoms with Crippen LogP contribution in [0.5, 0.6) is 0 Å². The standard InChI is InChI=1S/C26H22N4/c1-18-13-19(2)15-21(14-18)29-25-24-23(20-9-5-3-6-10-20)16-30(26(24)28-17-27-25)22-11-7-4-8-12-22/h3-17H,1-2H3,(H,27,28,29). The van der Waals surface area contributed by atoms with E-state index in [4.69, 9.17) is 0 Å². The van der Waals surface area contributed by atoms with Crippen molar-refractivity contribution in [2.45, 2.75) is 13.8 Å². The molecule has 0 atom stereocenters. The van der Waals surface area contributed by atoms with Crippen molar-refractivity contribution >= 4 is 22.5 Å². The van der Waals surface area contributed by atoms with Gasteiger partial charge in [-0.3, -0.25) is 0 Å². The highest BCUT2D eigenvalue weighted by Crippen LogP contribution is 2.36. The largest absolute Gasteiger partial charge is 0.340 e. The van der Waals surface area contributed by atoms with Crippen LogP contribution >= 0.6 is 0 Å². The normalized spacial score (nSPS) is 11.0. The number of para-hydroxylation sites is 1. The van der Waals surface area contributed by atoms with Crippen LogP contribution in [-0.4, -0.2) is 14.5 Å². The quantitative estimate of drug-likeness (QED) is 0.383. The Morgan fingerprint density at radius 3 is 2.13 bits per heavy atom. The number of aromatic nitrogens is 3. The fourth-order valence-electron chi connectivity index (χ4n) is 3.96. The maximum atomic E-state index is 4.65. The Morgan fingerprint density at radius 2 is 1.43 bits per heavy atom. The fraction of sp³-hybridized carbons (Fsp3) is 0.0769. The van der Waals surface area contributed by atoms with Gasteiger partial charge in [-0.15, -0.1) is 0 Å². The predicted molar refractivity (Wildman–Crippen MR) is 123 cm³/mol. The molecule has 0 aliphatic heterocycles. The van der Waals surface area contributed by atoms with E-state index in [1.807, 2.05) is 24.3 Å². The molecule has 0 saturated carbocycles. The maximum Gasteiger partial charge on any atom is 0.150 e. The zero-order valence-corrected chi connectivity index (χ0v) is 17.0. The summed E-state index contributed by atoms with van der Waals surface area (Å²) in [5, 5.41) is 4.55. The van der Waals surface area contributed by atoms with Crippen LogP contribution in [0.1, 0.15) is 11.1 Å². The van der Waals surface area contributed by atoms with Gasteiger partial charge in [0.1, 0.15) is 12.1 Å². The van der Waals surface area contributed by atoms with Crippen molar-refractivity contribution in [1.82, 2.24) is 14.5 Å². The van der Waals surface area contributed by atoms with Crippen molar-refractivity contribution in [1.29, 1.82) is 0 Å². The van der Waals surface area contributed by atoms with Crippen LogP contribution in [0, 0.1) is 13.8 Å². The summed E-state index contributed by atoms with van der Waals surface area (Å²) in [5.41, 5.74) is 7.64. The van der Waals surface area contributed by atoms with E-state index in [1.54, 1.807) is 6.33 Å². The van der Waals surface area contributed by atoms with Crippen LogP contribution in [-0.2, 0) is 0 Å². The first-order valence-electron chi connectivity index (χ1n) is 10.0. The van der Waals surface area contributed by atoms with Gasteiger partial charge in [-0.05, 0) is 54.8 Å². The predicted octanol–water partition coefficient (Wildman–Crippen LogP) is 6.45. The third kappa shape index (κ3) is 3.33. The zero-order valence-electron chi connectivity index (χ0n) is 17.0. The molecule has 146 valence electrons.